The number of rotatable bonds is 7. The minimum absolute atomic E-state index is 0.468. The molecule has 0 amide bonds. The van der Waals surface area contributed by atoms with E-state index in [1.165, 1.54) is 25.7 Å². The quantitative estimate of drug-likeness (QED) is 0.676. The first-order valence-electron chi connectivity index (χ1n) is 6.92. The smallest absolute Gasteiger partial charge is 0.00667 e. The van der Waals surface area contributed by atoms with Gasteiger partial charge in [0.15, 0.2) is 0 Å². The van der Waals surface area contributed by atoms with Crippen LogP contribution in [-0.2, 0) is 0 Å². The second kappa shape index (κ2) is 7.32. The predicted molar refractivity (Wildman–Crippen MR) is 74.8 cm³/mol. The predicted octanol–water partition coefficient (Wildman–Crippen LogP) is 4.47. The summed E-state index contributed by atoms with van der Waals surface area (Å²) in [5.41, 5.74) is 0.468. The van der Waals surface area contributed by atoms with Crippen molar-refractivity contribution in [2.75, 3.05) is 7.05 Å². The Labute approximate surface area is 103 Å². The molecule has 0 bridgehead atoms. The zero-order valence-corrected chi connectivity index (χ0v) is 12.6. The molecule has 2 unspecified atom stereocenters. The minimum atomic E-state index is 0.468. The Hall–Kier alpha value is -0.0400. The fraction of sp³-hybridized carbons (Fsp3) is 1.00. The zero-order valence-electron chi connectivity index (χ0n) is 12.6. The average Bonchev–Trinajstić information content (AvgIpc) is 2.08. The molecule has 0 rings (SSSR count). The number of hydrogen-bond donors (Lipinski definition) is 1. The molecule has 2 atom stereocenters. The first kappa shape index (κ1) is 16.0. The van der Waals surface area contributed by atoms with Gasteiger partial charge in [0.2, 0.25) is 0 Å². The molecule has 0 aliphatic heterocycles. The molecule has 0 aromatic rings. The molecule has 0 heterocycles. The Kier molecular flexibility index (Phi) is 7.30. The van der Waals surface area contributed by atoms with E-state index in [1.54, 1.807) is 0 Å². The molecule has 0 radical (unpaired) electrons. The molecule has 98 valence electrons. The van der Waals surface area contributed by atoms with Crippen LogP contribution in [0.5, 0.6) is 0 Å². The van der Waals surface area contributed by atoms with Crippen LogP contribution in [0.1, 0.15) is 67.2 Å². The second-order valence-corrected chi connectivity index (χ2v) is 7.06. The summed E-state index contributed by atoms with van der Waals surface area (Å²) >= 11 is 0. The van der Waals surface area contributed by atoms with Gasteiger partial charge >= 0.3 is 0 Å². The van der Waals surface area contributed by atoms with Crippen molar-refractivity contribution in [1.82, 2.24) is 5.32 Å². The van der Waals surface area contributed by atoms with E-state index in [-0.39, 0.29) is 0 Å². The van der Waals surface area contributed by atoms with Crippen LogP contribution in [0, 0.1) is 17.3 Å². The summed E-state index contributed by atoms with van der Waals surface area (Å²) < 4.78 is 0. The van der Waals surface area contributed by atoms with Gasteiger partial charge in [-0.05, 0) is 50.0 Å². The SMILES string of the molecule is CNC(CCC(C)C)CC(C)CC(C)(C)C. The third kappa shape index (κ3) is 9.21. The van der Waals surface area contributed by atoms with Crippen molar-refractivity contribution in [2.24, 2.45) is 17.3 Å². The van der Waals surface area contributed by atoms with E-state index in [9.17, 15) is 0 Å². The van der Waals surface area contributed by atoms with E-state index in [0.29, 0.717) is 11.5 Å². The topological polar surface area (TPSA) is 12.0 Å². The van der Waals surface area contributed by atoms with Crippen LogP contribution in [0.4, 0.5) is 0 Å². The third-order valence-electron chi connectivity index (χ3n) is 3.15. The molecule has 0 aromatic carbocycles. The lowest BCUT2D eigenvalue weighted by Gasteiger charge is -2.27. The Morgan fingerprint density at radius 1 is 1.00 bits per heavy atom. The molecule has 0 aliphatic rings. The number of hydrogen-bond acceptors (Lipinski definition) is 1. The van der Waals surface area contributed by atoms with Gasteiger partial charge in [-0.1, -0.05) is 41.5 Å². The number of nitrogens with one attached hydrogen (secondary N) is 1. The normalized spacial score (nSPS) is 16.5. The maximum Gasteiger partial charge on any atom is 0.00667 e. The molecule has 1 nitrogen and oxygen atoms in total. The highest BCUT2D eigenvalue weighted by atomic mass is 14.9. The molecule has 16 heavy (non-hydrogen) atoms. The van der Waals surface area contributed by atoms with Crippen molar-refractivity contribution in [3.63, 3.8) is 0 Å². The van der Waals surface area contributed by atoms with Crippen LogP contribution < -0.4 is 5.32 Å². The fourth-order valence-electron chi connectivity index (χ4n) is 2.53. The molecule has 0 aromatic heterocycles. The summed E-state index contributed by atoms with van der Waals surface area (Å²) in [6.45, 7) is 14.0. The van der Waals surface area contributed by atoms with Gasteiger partial charge in [-0.15, -0.1) is 0 Å². The van der Waals surface area contributed by atoms with E-state index < -0.39 is 0 Å². The molecule has 1 N–H and O–H groups in total. The molecular weight excluding hydrogens is 194 g/mol. The van der Waals surface area contributed by atoms with Crippen molar-refractivity contribution < 1.29 is 0 Å². The highest BCUT2D eigenvalue weighted by molar-refractivity contribution is 4.73. The van der Waals surface area contributed by atoms with Crippen molar-refractivity contribution in [2.45, 2.75) is 73.3 Å². The first-order chi connectivity index (χ1) is 7.24. The Morgan fingerprint density at radius 2 is 1.56 bits per heavy atom. The summed E-state index contributed by atoms with van der Waals surface area (Å²) in [5, 5.41) is 3.47. The van der Waals surface area contributed by atoms with Crippen molar-refractivity contribution >= 4 is 0 Å². The van der Waals surface area contributed by atoms with Crippen molar-refractivity contribution in [3.05, 3.63) is 0 Å². The van der Waals surface area contributed by atoms with Gasteiger partial charge < -0.3 is 5.32 Å². The second-order valence-electron chi connectivity index (χ2n) is 7.06. The maximum absolute atomic E-state index is 3.47. The van der Waals surface area contributed by atoms with Gasteiger partial charge in [-0.2, -0.15) is 0 Å². The van der Waals surface area contributed by atoms with E-state index >= 15 is 0 Å². The van der Waals surface area contributed by atoms with Crippen LogP contribution in [0.3, 0.4) is 0 Å². The van der Waals surface area contributed by atoms with Gasteiger partial charge in [0.05, 0.1) is 0 Å². The monoisotopic (exact) mass is 227 g/mol. The lowest BCUT2D eigenvalue weighted by Crippen LogP contribution is -2.28. The van der Waals surface area contributed by atoms with Crippen LogP contribution in [0.25, 0.3) is 0 Å². The Morgan fingerprint density at radius 3 is 1.94 bits per heavy atom. The molecule has 0 aliphatic carbocycles. The van der Waals surface area contributed by atoms with E-state index in [2.05, 4.69) is 53.9 Å². The average molecular weight is 227 g/mol. The van der Waals surface area contributed by atoms with Gasteiger partial charge in [-0.25, -0.2) is 0 Å². The highest BCUT2D eigenvalue weighted by Gasteiger charge is 2.18. The van der Waals surface area contributed by atoms with Crippen molar-refractivity contribution in [3.8, 4) is 0 Å². The van der Waals surface area contributed by atoms with Gasteiger partial charge in [0.1, 0.15) is 0 Å². The van der Waals surface area contributed by atoms with Gasteiger partial charge in [-0.3, -0.25) is 0 Å². The Balaban J connectivity index is 3.92. The van der Waals surface area contributed by atoms with Crippen LogP contribution in [0.2, 0.25) is 0 Å². The maximum atomic E-state index is 3.47. The minimum Gasteiger partial charge on any atom is -0.317 e. The highest BCUT2D eigenvalue weighted by Crippen LogP contribution is 2.27. The van der Waals surface area contributed by atoms with E-state index in [0.717, 1.165) is 11.8 Å². The third-order valence-corrected chi connectivity index (χ3v) is 3.15. The summed E-state index contributed by atoms with van der Waals surface area (Å²) in [4.78, 5) is 0. The zero-order chi connectivity index (χ0) is 12.8. The fourth-order valence-corrected chi connectivity index (χ4v) is 2.53. The first-order valence-corrected chi connectivity index (χ1v) is 6.92. The Bertz CT molecular complexity index is 167. The van der Waals surface area contributed by atoms with Gasteiger partial charge in [0, 0.05) is 6.04 Å². The lowest BCUT2D eigenvalue weighted by molar-refractivity contribution is 0.270. The molecule has 0 spiro atoms. The van der Waals surface area contributed by atoms with Crippen molar-refractivity contribution in [1.29, 1.82) is 0 Å². The largest absolute Gasteiger partial charge is 0.317 e. The molecule has 0 saturated heterocycles. The molecule has 0 fully saturated rings. The standard InChI is InChI=1S/C15H33N/c1-12(2)8-9-14(16-7)10-13(3)11-15(4,5)6/h12-14,16H,8-11H2,1-7H3. The molecule has 1 heteroatoms. The van der Waals surface area contributed by atoms with E-state index in [1.807, 2.05) is 0 Å². The van der Waals surface area contributed by atoms with Crippen LogP contribution >= 0.6 is 0 Å². The van der Waals surface area contributed by atoms with Crippen LogP contribution in [-0.4, -0.2) is 13.1 Å². The lowest BCUT2D eigenvalue weighted by atomic mass is 9.82. The summed E-state index contributed by atoms with van der Waals surface area (Å²) in [5.74, 6) is 1.65. The van der Waals surface area contributed by atoms with Crippen LogP contribution in [0.15, 0.2) is 0 Å². The molecular formula is C15H33N. The van der Waals surface area contributed by atoms with E-state index in [4.69, 9.17) is 0 Å². The summed E-state index contributed by atoms with van der Waals surface area (Å²) in [7, 11) is 2.11. The summed E-state index contributed by atoms with van der Waals surface area (Å²) in [6.07, 6.45) is 5.31. The summed E-state index contributed by atoms with van der Waals surface area (Å²) in [6, 6.07) is 0.708. The van der Waals surface area contributed by atoms with Gasteiger partial charge in [0.25, 0.3) is 0 Å². The molecule has 0 saturated carbocycles.